The summed E-state index contributed by atoms with van der Waals surface area (Å²) in [6.07, 6.45) is 2.98. The van der Waals surface area contributed by atoms with Crippen LogP contribution < -0.4 is 10.6 Å². The molecule has 0 amide bonds. The summed E-state index contributed by atoms with van der Waals surface area (Å²) in [4.78, 5) is 8.52. The van der Waals surface area contributed by atoms with Crippen LogP contribution in [0.3, 0.4) is 0 Å². The van der Waals surface area contributed by atoms with Gasteiger partial charge >= 0.3 is 0 Å². The molecule has 26 heavy (non-hydrogen) atoms. The highest BCUT2D eigenvalue weighted by Crippen LogP contribution is 2.08. The van der Waals surface area contributed by atoms with Gasteiger partial charge in [-0.3, -0.25) is 4.99 Å². The number of halogens is 4. The molecule has 2 aromatic rings. The van der Waals surface area contributed by atoms with Crippen molar-refractivity contribution in [2.45, 2.75) is 19.8 Å². The van der Waals surface area contributed by atoms with Gasteiger partial charge in [0.25, 0.3) is 0 Å². The van der Waals surface area contributed by atoms with Crippen molar-refractivity contribution in [1.29, 1.82) is 0 Å². The maximum atomic E-state index is 13.2. The van der Waals surface area contributed by atoms with Crippen molar-refractivity contribution in [2.75, 3.05) is 19.6 Å². The van der Waals surface area contributed by atoms with Gasteiger partial charge in [-0.25, -0.2) is 13.8 Å². The van der Waals surface area contributed by atoms with Crippen molar-refractivity contribution in [1.82, 2.24) is 15.6 Å². The second-order valence-corrected chi connectivity index (χ2v) is 5.84. The Kier molecular flexibility index (Phi) is 10.4. The number of pyridine rings is 1. The van der Waals surface area contributed by atoms with Crippen molar-refractivity contribution in [3.63, 3.8) is 0 Å². The van der Waals surface area contributed by atoms with Crippen LogP contribution in [0, 0.1) is 11.6 Å². The highest BCUT2D eigenvalue weighted by molar-refractivity contribution is 14.0. The molecule has 0 saturated heterocycles. The molecular formula is C18H22ClF2IN4. The molecule has 1 aromatic carbocycles. The van der Waals surface area contributed by atoms with E-state index in [1.54, 1.807) is 12.3 Å². The molecule has 142 valence electrons. The van der Waals surface area contributed by atoms with E-state index >= 15 is 0 Å². The molecule has 0 fully saturated rings. The van der Waals surface area contributed by atoms with E-state index in [4.69, 9.17) is 11.6 Å². The second-order valence-electron chi connectivity index (χ2n) is 5.45. The third-order valence-electron chi connectivity index (χ3n) is 3.43. The molecule has 2 N–H and O–H groups in total. The molecule has 0 aliphatic carbocycles. The number of aliphatic imine (C=N–C) groups is 1. The van der Waals surface area contributed by atoms with Crippen LogP contribution in [0.25, 0.3) is 0 Å². The summed E-state index contributed by atoms with van der Waals surface area (Å²) in [6, 6.07) is 7.21. The first-order chi connectivity index (χ1) is 12.1. The second kappa shape index (κ2) is 12.0. The maximum Gasteiger partial charge on any atom is 0.191 e. The van der Waals surface area contributed by atoms with E-state index in [2.05, 4.69) is 20.6 Å². The Morgan fingerprint density at radius 2 is 1.81 bits per heavy atom. The van der Waals surface area contributed by atoms with Crippen LogP contribution in [0.5, 0.6) is 0 Å². The summed E-state index contributed by atoms with van der Waals surface area (Å²) in [5.41, 5.74) is 1.66. The molecule has 0 aliphatic rings. The van der Waals surface area contributed by atoms with Gasteiger partial charge in [0.1, 0.15) is 16.8 Å². The van der Waals surface area contributed by atoms with Crippen LogP contribution in [0.1, 0.15) is 18.1 Å². The number of aromatic nitrogens is 1. The SMILES string of the molecule is CCNC(=NCCc1ccc(Cl)nc1)NCCc1cc(F)cc(F)c1.I. The van der Waals surface area contributed by atoms with E-state index in [1.165, 1.54) is 12.1 Å². The van der Waals surface area contributed by atoms with Gasteiger partial charge in [0.05, 0.1) is 0 Å². The van der Waals surface area contributed by atoms with Crippen molar-refractivity contribution in [2.24, 2.45) is 4.99 Å². The monoisotopic (exact) mass is 494 g/mol. The fraction of sp³-hybridized carbons (Fsp3) is 0.333. The first kappa shape index (κ1) is 22.6. The molecule has 0 saturated carbocycles. The van der Waals surface area contributed by atoms with Crippen molar-refractivity contribution >= 4 is 41.5 Å². The van der Waals surface area contributed by atoms with Crippen LogP contribution in [-0.2, 0) is 12.8 Å². The van der Waals surface area contributed by atoms with E-state index in [-0.39, 0.29) is 24.0 Å². The quantitative estimate of drug-likeness (QED) is 0.265. The van der Waals surface area contributed by atoms with Crippen LogP contribution in [0.15, 0.2) is 41.5 Å². The van der Waals surface area contributed by atoms with Gasteiger partial charge in [-0.1, -0.05) is 17.7 Å². The predicted molar refractivity (Wildman–Crippen MR) is 112 cm³/mol. The van der Waals surface area contributed by atoms with Gasteiger partial charge in [-0.2, -0.15) is 0 Å². The number of benzene rings is 1. The first-order valence-corrected chi connectivity index (χ1v) is 8.52. The molecule has 1 aromatic heterocycles. The highest BCUT2D eigenvalue weighted by Gasteiger charge is 2.02. The third kappa shape index (κ3) is 8.27. The molecule has 8 heteroatoms. The average molecular weight is 495 g/mol. The fourth-order valence-corrected chi connectivity index (χ4v) is 2.39. The van der Waals surface area contributed by atoms with Crippen molar-refractivity contribution < 1.29 is 8.78 Å². The lowest BCUT2D eigenvalue weighted by Gasteiger charge is -2.11. The summed E-state index contributed by atoms with van der Waals surface area (Å²) in [7, 11) is 0. The van der Waals surface area contributed by atoms with Crippen LogP contribution in [0.2, 0.25) is 5.15 Å². The predicted octanol–water partition coefficient (Wildman–Crippen LogP) is 3.97. The van der Waals surface area contributed by atoms with Crippen molar-refractivity contribution in [3.8, 4) is 0 Å². The number of rotatable bonds is 7. The van der Waals surface area contributed by atoms with E-state index in [9.17, 15) is 8.78 Å². The minimum Gasteiger partial charge on any atom is -0.357 e. The van der Waals surface area contributed by atoms with Crippen LogP contribution in [-0.4, -0.2) is 30.6 Å². The Bertz CT molecular complexity index is 691. The zero-order valence-electron chi connectivity index (χ0n) is 14.4. The molecule has 0 bridgehead atoms. The van der Waals surface area contributed by atoms with Gasteiger partial charge in [-0.15, -0.1) is 24.0 Å². The summed E-state index contributed by atoms with van der Waals surface area (Å²) < 4.78 is 26.4. The number of hydrogen-bond donors (Lipinski definition) is 2. The minimum absolute atomic E-state index is 0. The normalized spacial score (nSPS) is 11.0. The summed E-state index contributed by atoms with van der Waals surface area (Å²) in [5.74, 6) is -0.458. The molecule has 0 aliphatic heterocycles. The molecule has 2 rings (SSSR count). The fourth-order valence-electron chi connectivity index (χ4n) is 2.27. The average Bonchev–Trinajstić information content (AvgIpc) is 2.56. The number of nitrogens with zero attached hydrogens (tertiary/aromatic N) is 2. The number of hydrogen-bond acceptors (Lipinski definition) is 2. The number of nitrogens with one attached hydrogen (secondary N) is 2. The molecule has 0 unspecified atom stereocenters. The molecule has 0 spiro atoms. The zero-order valence-corrected chi connectivity index (χ0v) is 17.5. The van der Waals surface area contributed by atoms with Crippen molar-refractivity contribution in [3.05, 3.63) is 64.4 Å². The summed E-state index contributed by atoms with van der Waals surface area (Å²) in [5, 5.41) is 6.77. The van der Waals surface area contributed by atoms with Gasteiger partial charge in [0.15, 0.2) is 5.96 Å². The van der Waals surface area contributed by atoms with E-state index in [1.807, 2.05) is 13.0 Å². The number of guanidine groups is 1. The van der Waals surface area contributed by atoms with E-state index < -0.39 is 11.6 Å². The molecule has 1 heterocycles. The topological polar surface area (TPSA) is 49.3 Å². The van der Waals surface area contributed by atoms with Crippen LogP contribution >= 0.6 is 35.6 Å². The minimum atomic E-state index is -0.563. The Hall–Kier alpha value is -1.48. The van der Waals surface area contributed by atoms with Crippen LogP contribution in [0.4, 0.5) is 8.78 Å². The smallest absolute Gasteiger partial charge is 0.191 e. The molecular weight excluding hydrogens is 473 g/mol. The Morgan fingerprint density at radius 1 is 1.08 bits per heavy atom. The lowest BCUT2D eigenvalue weighted by molar-refractivity contribution is 0.579. The third-order valence-corrected chi connectivity index (χ3v) is 3.66. The van der Waals surface area contributed by atoms with E-state index in [0.717, 1.165) is 24.6 Å². The lowest BCUT2D eigenvalue weighted by atomic mass is 10.1. The first-order valence-electron chi connectivity index (χ1n) is 8.14. The highest BCUT2D eigenvalue weighted by atomic mass is 127. The van der Waals surface area contributed by atoms with E-state index in [0.29, 0.717) is 36.2 Å². The largest absolute Gasteiger partial charge is 0.357 e. The Balaban J connectivity index is 0.00000338. The summed E-state index contributed by atoms with van der Waals surface area (Å²) >= 11 is 5.76. The van der Waals surface area contributed by atoms with Gasteiger partial charge in [0.2, 0.25) is 0 Å². The van der Waals surface area contributed by atoms with Gasteiger partial charge < -0.3 is 10.6 Å². The Morgan fingerprint density at radius 3 is 2.42 bits per heavy atom. The van der Waals surface area contributed by atoms with Gasteiger partial charge in [0, 0.05) is 31.9 Å². The Labute approximate surface area is 174 Å². The molecule has 0 radical (unpaired) electrons. The zero-order chi connectivity index (χ0) is 18.1. The standard InChI is InChI=1S/C18H21ClF2N4.HI/c1-2-22-18(23-7-5-13-3-4-17(19)25-12-13)24-8-6-14-9-15(20)11-16(21)10-14;/h3-4,9-12H,2,5-8H2,1H3,(H2,22,23,24);1H. The summed E-state index contributed by atoms with van der Waals surface area (Å²) in [6.45, 7) is 3.82. The van der Waals surface area contributed by atoms with Gasteiger partial charge in [-0.05, 0) is 49.1 Å². The lowest BCUT2D eigenvalue weighted by Crippen LogP contribution is -2.38. The molecule has 0 atom stereocenters. The molecule has 4 nitrogen and oxygen atoms in total. The maximum absolute atomic E-state index is 13.2.